The largest absolute Gasteiger partial charge is 0.481 e. The summed E-state index contributed by atoms with van der Waals surface area (Å²) in [4.78, 5) is 10.5. The van der Waals surface area contributed by atoms with Crippen molar-refractivity contribution in [2.45, 2.75) is 26.8 Å². The van der Waals surface area contributed by atoms with Crippen LogP contribution in [-0.2, 0) is 4.79 Å². The Morgan fingerprint density at radius 1 is 1.58 bits per heavy atom. The van der Waals surface area contributed by atoms with Crippen LogP contribution >= 0.6 is 0 Å². The van der Waals surface area contributed by atoms with Crippen molar-refractivity contribution in [3.05, 3.63) is 0 Å². The van der Waals surface area contributed by atoms with Gasteiger partial charge in [0.15, 0.2) is 0 Å². The van der Waals surface area contributed by atoms with E-state index in [0.717, 1.165) is 0 Å². The van der Waals surface area contributed by atoms with Crippen LogP contribution in [-0.4, -0.2) is 23.7 Å². The first-order valence-electron chi connectivity index (χ1n) is 3.95. The first kappa shape index (κ1) is 11.0. The highest BCUT2D eigenvalue weighted by molar-refractivity contribution is 5.70. The van der Waals surface area contributed by atoms with E-state index in [1.807, 2.05) is 6.92 Å². The lowest BCUT2D eigenvalue weighted by Crippen LogP contribution is -2.36. The topological polar surface area (TPSA) is 49.3 Å². The summed E-state index contributed by atoms with van der Waals surface area (Å²) in [7, 11) is 0. The normalized spacial score (nSPS) is 14.2. The third kappa shape index (κ3) is 3.99. The van der Waals surface area contributed by atoms with Crippen molar-refractivity contribution in [2.75, 3.05) is 6.54 Å². The zero-order valence-electron chi connectivity index (χ0n) is 7.72. The maximum atomic E-state index is 10.5. The molecule has 0 rings (SSSR count). The summed E-state index contributed by atoms with van der Waals surface area (Å²) in [5.41, 5.74) is 0. The highest BCUT2D eigenvalue weighted by Crippen LogP contribution is 2.00. The van der Waals surface area contributed by atoms with Crippen LogP contribution in [0.5, 0.6) is 0 Å². The maximum absolute atomic E-state index is 10.5. The van der Waals surface area contributed by atoms with Gasteiger partial charge in [0, 0.05) is 6.04 Å². The highest BCUT2D eigenvalue weighted by Gasteiger charge is 2.17. The zero-order valence-corrected chi connectivity index (χ0v) is 7.72. The van der Waals surface area contributed by atoms with Gasteiger partial charge in [-0.1, -0.05) is 12.8 Å². The molecule has 12 heavy (non-hydrogen) atoms. The van der Waals surface area contributed by atoms with Crippen LogP contribution in [0.25, 0.3) is 0 Å². The number of carboxylic acids is 1. The Hall–Kier alpha value is -1.01. The Bertz CT molecular complexity index is 202. The van der Waals surface area contributed by atoms with Crippen molar-refractivity contribution in [3.8, 4) is 11.8 Å². The van der Waals surface area contributed by atoms with Gasteiger partial charge in [0.25, 0.3) is 0 Å². The van der Waals surface area contributed by atoms with Gasteiger partial charge in [0.1, 0.15) is 0 Å². The fraction of sp³-hybridized carbons (Fsp3) is 0.667. The molecule has 0 spiro atoms. The fourth-order valence-electron chi connectivity index (χ4n) is 0.691. The Morgan fingerprint density at radius 3 is 2.58 bits per heavy atom. The van der Waals surface area contributed by atoms with E-state index in [-0.39, 0.29) is 12.0 Å². The number of rotatable bonds is 4. The molecule has 0 aromatic carbocycles. The van der Waals surface area contributed by atoms with Gasteiger partial charge in [-0.2, -0.15) is 0 Å². The molecule has 3 heteroatoms. The van der Waals surface area contributed by atoms with E-state index in [0.29, 0.717) is 6.54 Å². The van der Waals surface area contributed by atoms with Crippen molar-refractivity contribution in [1.82, 2.24) is 5.32 Å². The molecule has 0 radical (unpaired) electrons. The predicted molar refractivity (Wildman–Crippen MR) is 47.7 cm³/mol. The molecule has 2 N–H and O–H groups in total. The molecule has 0 fully saturated rings. The summed E-state index contributed by atoms with van der Waals surface area (Å²) in [6.07, 6.45) is 0. The average Bonchev–Trinajstić information content (AvgIpc) is 2.03. The Morgan fingerprint density at radius 2 is 2.17 bits per heavy atom. The average molecular weight is 169 g/mol. The van der Waals surface area contributed by atoms with E-state index >= 15 is 0 Å². The summed E-state index contributed by atoms with van der Waals surface area (Å²) in [5.74, 6) is 4.40. The standard InChI is InChI=1S/C9H15NO2/c1-4-5-6-10-8(3)7(2)9(11)12/h7-8,10H,6H2,1-3H3,(H,11,12). The van der Waals surface area contributed by atoms with Gasteiger partial charge >= 0.3 is 5.97 Å². The molecular formula is C9H15NO2. The molecule has 0 saturated carbocycles. The van der Waals surface area contributed by atoms with E-state index in [4.69, 9.17) is 5.11 Å². The molecule has 0 aromatic heterocycles. The van der Waals surface area contributed by atoms with Crippen molar-refractivity contribution in [3.63, 3.8) is 0 Å². The van der Waals surface area contributed by atoms with Crippen molar-refractivity contribution >= 4 is 5.97 Å². The third-order valence-corrected chi connectivity index (χ3v) is 1.83. The minimum Gasteiger partial charge on any atom is -0.481 e. The minimum absolute atomic E-state index is 0.0386. The van der Waals surface area contributed by atoms with E-state index < -0.39 is 5.97 Å². The van der Waals surface area contributed by atoms with Crippen molar-refractivity contribution < 1.29 is 9.90 Å². The van der Waals surface area contributed by atoms with E-state index in [1.54, 1.807) is 13.8 Å². The fourth-order valence-corrected chi connectivity index (χ4v) is 0.691. The number of hydrogen-bond acceptors (Lipinski definition) is 2. The Kier molecular flexibility index (Phi) is 5.14. The lowest BCUT2D eigenvalue weighted by Gasteiger charge is -2.15. The summed E-state index contributed by atoms with van der Waals surface area (Å²) >= 11 is 0. The second-order valence-electron chi connectivity index (χ2n) is 2.72. The van der Waals surface area contributed by atoms with Crippen LogP contribution in [0.2, 0.25) is 0 Å². The number of carbonyl (C=O) groups is 1. The van der Waals surface area contributed by atoms with Gasteiger partial charge in [-0.05, 0) is 13.8 Å². The highest BCUT2D eigenvalue weighted by atomic mass is 16.4. The molecule has 0 aliphatic carbocycles. The molecule has 3 nitrogen and oxygen atoms in total. The second kappa shape index (κ2) is 5.62. The number of hydrogen-bond donors (Lipinski definition) is 2. The maximum Gasteiger partial charge on any atom is 0.307 e. The first-order chi connectivity index (χ1) is 5.59. The van der Waals surface area contributed by atoms with E-state index in [2.05, 4.69) is 17.2 Å². The number of carboxylic acid groups (broad SMARTS) is 1. The number of aliphatic carboxylic acids is 1. The molecule has 2 unspecified atom stereocenters. The van der Waals surface area contributed by atoms with Gasteiger partial charge in [-0.15, -0.1) is 5.92 Å². The van der Waals surface area contributed by atoms with E-state index in [1.165, 1.54) is 0 Å². The van der Waals surface area contributed by atoms with Gasteiger partial charge in [0.2, 0.25) is 0 Å². The van der Waals surface area contributed by atoms with Crippen LogP contribution < -0.4 is 5.32 Å². The summed E-state index contributed by atoms with van der Waals surface area (Å²) in [6.45, 7) is 5.83. The van der Waals surface area contributed by atoms with Crippen molar-refractivity contribution in [1.29, 1.82) is 0 Å². The molecule has 0 bridgehead atoms. The molecule has 0 heterocycles. The molecular weight excluding hydrogens is 154 g/mol. The zero-order chi connectivity index (χ0) is 9.56. The van der Waals surface area contributed by atoms with Gasteiger partial charge in [-0.3, -0.25) is 4.79 Å². The summed E-state index contributed by atoms with van der Waals surface area (Å²) < 4.78 is 0. The quantitative estimate of drug-likeness (QED) is 0.609. The smallest absolute Gasteiger partial charge is 0.307 e. The molecule has 0 amide bonds. The Balaban J connectivity index is 3.76. The van der Waals surface area contributed by atoms with Crippen LogP contribution in [0.1, 0.15) is 20.8 Å². The summed E-state index contributed by atoms with van der Waals surface area (Å²) in [5, 5.41) is 11.6. The molecule has 2 atom stereocenters. The van der Waals surface area contributed by atoms with Crippen molar-refractivity contribution in [2.24, 2.45) is 5.92 Å². The second-order valence-corrected chi connectivity index (χ2v) is 2.72. The van der Waals surface area contributed by atoms with Gasteiger partial charge in [0.05, 0.1) is 12.5 Å². The van der Waals surface area contributed by atoms with Gasteiger partial charge in [-0.25, -0.2) is 0 Å². The van der Waals surface area contributed by atoms with Gasteiger partial charge < -0.3 is 10.4 Å². The Labute approximate surface area is 73.2 Å². The third-order valence-electron chi connectivity index (χ3n) is 1.83. The molecule has 0 saturated heterocycles. The molecule has 0 aliphatic rings. The van der Waals surface area contributed by atoms with Crippen LogP contribution in [0.4, 0.5) is 0 Å². The SMILES string of the molecule is CC#CCNC(C)C(C)C(=O)O. The minimum atomic E-state index is -0.778. The van der Waals surface area contributed by atoms with E-state index in [9.17, 15) is 4.79 Å². The molecule has 0 aromatic rings. The first-order valence-corrected chi connectivity index (χ1v) is 3.95. The van der Waals surface area contributed by atoms with Crippen LogP contribution in [0.3, 0.4) is 0 Å². The van der Waals surface area contributed by atoms with Crippen LogP contribution in [0, 0.1) is 17.8 Å². The lowest BCUT2D eigenvalue weighted by atomic mass is 10.0. The summed E-state index contributed by atoms with van der Waals surface area (Å²) in [6, 6.07) is -0.0386. The van der Waals surface area contributed by atoms with Crippen LogP contribution in [0.15, 0.2) is 0 Å². The lowest BCUT2D eigenvalue weighted by molar-refractivity contribution is -0.141. The number of nitrogens with one attached hydrogen (secondary N) is 1. The monoisotopic (exact) mass is 169 g/mol. The predicted octanol–water partition coefficient (Wildman–Crippen LogP) is 0.709. The molecule has 68 valence electrons. The molecule has 0 aliphatic heterocycles.